The van der Waals surface area contributed by atoms with Gasteiger partial charge in [0.1, 0.15) is 6.07 Å². The number of carbonyl (C=O) groups is 2. The first-order valence-electron chi connectivity index (χ1n) is 8.50. The van der Waals surface area contributed by atoms with Crippen molar-refractivity contribution in [3.63, 3.8) is 0 Å². The van der Waals surface area contributed by atoms with Gasteiger partial charge in [0.2, 0.25) is 0 Å². The van der Waals surface area contributed by atoms with E-state index in [-0.39, 0.29) is 18.1 Å². The van der Waals surface area contributed by atoms with Gasteiger partial charge < -0.3 is 15.0 Å². The third-order valence-electron chi connectivity index (χ3n) is 3.41. The van der Waals surface area contributed by atoms with Crippen molar-refractivity contribution in [2.45, 2.75) is 33.6 Å². The van der Waals surface area contributed by atoms with Gasteiger partial charge in [-0.1, -0.05) is 13.8 Å². The van der Waals surface area contributed by atoms with E-state index in [1.165, 1.54) is 6.20 Å². The van der Waals surface area contributed by atoms with Gasteiger partial charge in [-0.3, -0.25) is 4.79 Å². The Kier molecular flexibility index (Phi) is 8.80. The van der Waals surface area contributed by atoms with Crippen LogP contribution in [0.3, 0.4) is 0 Å². The van der Waals surface area contributed by atoms with Crippen LogP contribution in [0.5, 0.6) is 0 Å². The number of nitriles is 1. The van der Waals surface area contributed by atoms with Crippen LogP contribution in [-0.2, 0) is 9.53 Å². The minimum Gasteiger partial charge on any atom is -0.462 e. The van der Waals surface area contributed by atoms with Gasteiger partial charge in [-0.25, -0.2) is 4.79 Å². The van der Waals surface area contributed by atoms with Crippen LogP contribution in [0.2, 0.25) is 0 Å². The Bertz CT molecular complexity index is 639. The molecule has 6 heteroatoms. The van der Waals surface area contributed by atoms with Crippen molar-refractivity contribution in [2.24, 2.45) is 0 Å². The van der Waals surface area contributed by atoms with Crippen LogP contribution in [0.15, 0.2) is 36.0 Å². The maximum absolute atomic E-state index is 12.5. The van der Waals surface area contributed by atoms with Crippen LogP contribution < -0.4 is 5.32 Å². The number of carbonyl (C=O) groups excluding carboxylic acids is 2. The van der Waals surface area contributed by atoms with E-state index in [1.54, 1.807) is 37.3 Å². The Morgan fingerprint density at radius 3 is 2.24 bits per heavy atom. The first-order valence-corrected chi connectivity index (χ1v) is 8.50. The van der Waals surface area contributed by atoms with E-state index >= 15 is 0 Å². The number of hydrogen-bond acceptors (Lipinski definition) is 5. The fraction of sp³-hybridized carbons (Fsp3) is 0.421. The molecule has 0 aliphatic carbocycles. The molecular weight excluding hydrogens is 318 g/mol. The van der Waals surface area contributed by atoms with Gasteiger partial charge >= 0.3 is 5.97 Å². The molecule has 0 unspecified atom stereocenters. The van der Waals surface area contributed by atoms with Crippen LogP contribution in [0, 0.1) is 11.3 Å². The standard InChI is InChI=1S/C19H25N3O3/c1-4-11-22(12-5-2)18(23)15-7-9-17(10-8-15)21-14-16(13-20)19(24)25-6-3/h7-10,14,21H,4-6,11-12H2,1-3H3/b16-14-. The maximum Gasteiger partial charge on any atom is 0.350 e. The normalized spacial score (nSPS) is 10.7. The van der Waals surface area contributed by atoms with Crippen molar-refractivity contribution in [3.05, 3.63) is 41.6 Å². The largest absolute Gasteiger partial charge is 0.462 e. The van der Waals surface area contributed by atoms with E-state index < -0.39 is 5.97 Å². The minimum absolute atomic E-state index is 0.00929. The lowest BCUT2D eigenvalue weighted by Gasteiger charge is -2.21. The van der Waals surface area contributed by atoms with E-state index in [4.69, 9.17) is 10.00 Å². The topological polar surface area (TPSA) is 82.4 Å². The Hall–Kier alpha value is -2.81. The highest BCUT2D eigenvalue weighted by atomic mass is 16.5. The summed E-state index contributed by atoms with van der Waals surface area (Å²) in [5.74, 6) is -0.658. The second kappa shape index (κ2) is 10.9. The lowest BCUT2D eigenvalue weighted by Crippen LogP contribution is -2.32. The van der Waals surface area contributed by atoms with Crippen molar-refractivity contribution >= 4 is 17.6 Å². The smallest absolute Gasteiger partial charge is 0.350 e. The summed E-state index contributed by atoms with van der Waals surface area (Å²) >= 11 is 0. The van der Waals surface area contributed by atoms with Gasteiger partial charge in [0.25, 0.3) is 5.91 Å². The molecule has 0 bridgehead atoms. The summed E-state index contributed by atoms with van der Waals surface area (Å²) in [7, 11) is 0. The zero-order valence-corrected chi connectivity index (χ0v) is 15.0. The average Bonchev–Trinajstić information content (AvgIpc) is 2.62. The van der Waals surface area contributed by atoms with E-state index in [0.717, 1.165) is 25.9 Å². The maximum atomic E-state index is 12.5. The lowest BCUT2D eigenvalue weighted by molar-refractivity contribution is -0.138. The molecule has 0 spiro atoms. The molecule has 1 amide bonds. The zero-order valence-electron chi connectivity index (χ0n) is 15.0. The number of anilines is 1. The third kappa shape index (κ3) is 6.30. The van der Waals surface area contributed by atoms with Crippen molar-refractivity contribution in [3.8, 4) is 6.07 Å². The molecule has 1 aromatic carbocycles. The predicted octanol–water partition coefficient (Wildman–Crippen LogP) is 3.33. The van der Waals surface area contributed by atoms with Crippen molar-refractivity contribution < 1.29 is 14.3 Å². The van der Waals surface area contributed by atoms with E-state index in [2.05, 4.69) is 5.32 Å². The quantitative estimate of drug-likeness (QED) is 0.422. The Morgan fingerprint density at radius 1 is 1.16 bits per heavy atom. The second-order valence-corrected chi connectivity index (χ2v) is 5.40. The van der Waals surface area contributed by atoms with Crippen LogP contribution >= 0.6 is 0 Å². The van der Waals surface area contributed by atoms with E-state index in [1.807, 2.05) is 18.7 Å². The van der Waals surface area contributed by atoms with Crippen molar-refractivity contribution in [1.82, 2.24) is 4.90 Å². The van der Waals surface area contributed by atoms with Gasteiger partial charge in [-0.2, -0.15) is 5.26 Å². The summed E-state index contributed by atoms with van der Waals surface area (Å²) in [6.07, 6.45) is 3.14. The van der Waals surface area contributed by atoms with E-state index in [9.17, 15) is 9.59 Å². The highest BCUT2D eigenvalue weighted by Gasteiger charge is 2.14. The summed E-state index contributed by atoms with van der Waals surface area (Å²) in [6.45, 7) is 7.45. The number of hydrogen-bond donors (Lipinski definition) is 1. The monoisotopic (exact) mass is 343 g/mol. The number of nitrogens with one attached hydrogen (secondary N) is 1. The summed E-state index contributed by atoms with van der Waals surface area (Å²) in [5.41, 5.74) is 1.17. The van der Waals surface area contributed by atoms with Gasteiger partial charge in [0, 0.05) is 30.5 Å². The molecular formula is C19H25N3O3. The number of esters is 1. The van der Waals surface area contributed by atoms with Gasteiger partial charge in [-0.15, -0.1) is 0 Å². The summed E-state index contributed by atoms with van der Waals surface area (Å²) in [4.78, 5) is 25.9. The van der Waals surface area contributed by atoms with Gasteiger partial charge in [0.15, 0.2) is 5.57 Å². The number of benzene rings is 1. The molecule has 1 aromatic rings. The SMILES string of the molecule is CCCN(CCC)C(=O)c1ccc(N/C=C(/C#N)C(=O)OCC)cc1. The molecule has 0 atom stereocenters. The second-order valence-electron chi connectivity index (χ2n) is 5.40. The molecule has 0 aliphatic rings. The summed E-state index contributed by atoms with van der Waals surface area (Å²) in [5, 5.41) is 11.8. The average molecular weight is 343 g/mol. The molecule has 0 aliphatic heterocycles. The molecule has 0 saturated heterocycles. The fourth-order valence-corrected chi connectivity index (χ4v) is 2.25. The fourth-order valence-electron chi connectivity index (χ4n) is 2.25. The molecule has 1 N–H and O–H groups in total. The molecule has 0 saturated carbocycles. The number of nitrogens with zero attached hydrogens (tertiary/aromatic N) is 2. The van der Waals surface area contributed by atoms with E-state index in [0.29, 0.717) is 11.3 Å². The lowest BCUT2D eigenvalue weighted by atomic mass is 10.1. The highest BCUT2D eigenvalue weighted by molar-refractivity contribution is 5.95. The highest BCUT2D eigenvalue weighted by Crippen LogP contribution is 2.13. The third-order valence-corrected chi connectivity index (χ3v) is 3.41. The Labute approximate surface area is 149 Å². The minimum atomic E-state index is -0.668. The molecule has 1 rings (SSSR count). The summed E-state index contributed by atoms with van der Waals surface area (Å²) in [6, 6.07) is 8.72. The molecule has 6 nitrogen and oxygen atoms in total. The van der Waals surface area contributed by atoms with Crippen LogP contribution in [0.25, 0.3) is 0 Å². The predicted molar refractivity (Wildman–Crippen MR) is 96.9 cm³/mol. The summed E-state index contributed by atoms with van der Waals surface area (Å²) < 4.78 is 4.79. The number of rotatable bonds is 9. The first-order chi connectivity index (χ1) is 12.1. The Morgan fingerprint density at radius 2 is 1.76 bits per heavy atom. The molecule has 25 heavy (non-hydrogen) atoms. The molecule has 0 aromatic heterocycles. The van der Waals surface area contributed by atoms with Gasteiger partial charge in [0.05, 0.1) is 6.61 Å². The number of ether oxygens (including phenoxy) is 1. The number of amides is 1. The molecule has 0 fully saturated rings. The van der Waals surface area contributed by atoms with Gasteiger partial charge in [-0.05, 0) is 44.0 Å². The molecule has 0 heterocycles. The van der Waals surface area contributed by atoms with Crippen LogP contribution in [0.1, 0.15) is 44.0 Å². The molecule has 0 radical (unpaired) electrons. The van der Waals surface area contributed by atoms with Crippen LogP contribution in [0.4, 0.5) is 5.69 Å². The van der Waals surface area contributed by atoms with Crippen molar-refractivity contribution in [1.29, 1.82) is 5.26 Å². The van der Waals surface area contributed by atoms with Crippen LogP contribution in [-0.4, -0.2) is 36.5 Å². The Balaban J connectivity index is 2.80. The first kappa shape index (κ1) is 20.2. The van der Waals surface area contributed by atoms with Crippen molar-refractivity contribution in [2.75, 3.05) is 25.0 Å². The zero-order chi connectivity index (χ0) is 18.7. The molecule has 134 valence electrons.